The molecule has 0 aliphatic heterocycles. The summed E-state index contributed by atoms with van der Waals surface area (Å²) in [4.78, 5) is 25.0. The summed E-state index contributed by atoms with van der Waals surface area (Å²) in [7, 11) is 4.37. The van der Waals surface area contributed by atoms with Crippen LogP contribution in [0.15, 0.2) is 54.6 Å². The van der Waals surface area contributed by atoms with E-state index in [1.54, 1.807) is 0 Å². The number of hydrogen-bond acceptors (Lipinski definition) is 6. The van der Waals surface area contributed by atoms with Crippen LogP contribution in [0.2, 0.25) is 0 Å². The van der Waals surface area contributed by atoms with Crippen LogP contribution in [-0.2, 0) is 9.53 Å². The molecule has 0 aromatic heterocycles. The fourth-order valence-electron chi connectivity index (χ4n) is 3.39. The van der Waals surface area contributed by atoms with E-state index in [0.717, 1.165) is 16.3 Å². The van der Waals surface area contributed by atoms with Gasteiger partial charge in [0.1, 0.15) is 11.3 Å². The molecule has 3 aromatic rings. The average Bonchev–Trinajstić information content (AvgIpc) is 2.81. The molecule has 0 fully saturated rings. The number of methoxy groups -OCH3 is 3. The van der Waals surface area contributed by atoms with Crippen molar-refractivity contribution in [2.75, 3.05) is 27.9 Å². The minimum atomic E-state index is -0.703. The van der Waals surface area contributed by atoms with Gasteiger partial charge in [-0.25, -0.2) is 4.79 Å². The number of hydrogen-bond donors (Lipinski definition) is 1. The van der Waals surface area contributed by atoms with Gasteiger partial charge in [-0.1, -0.05) is 42.5 Å². The lowest BCUT2D eigenvalue weighted by atomic mass is 10.00. The molecule has 1 unspecified atom stereocenters. The molecule has 0 saturated heterocycles. The Labute approximate surface area is 180 Å². The Bertz CT molecular complexity index is 1090. The predicted octanol–water partition coefficient (Wildman–Crippen LogP) is 3.90. The first-order valence-corrected chi connectivity index (χ1v) is 9.72. The highest BCUT2D eigenvalue weighted by atomic mass is 16.5. The number of carbonyl (C=O) groups is 2. The third kappa shape index (κ3) is 4.88. The van der Waals surface area contributed by atoms with E-state index in [1.807, 2.05) is 49.4 Å². The summed E-state index contributed by atoms with van der Waals surface area (Å²) in [5.41, 5.74) is 1.12. The van der Waals surface area contributed by atoms with Gasteiger partial charge in [0.25, 0.3) is 5.91 Å². The van der Waals surface area contributed by atoms with Crippen molar-refractivity contribution in [2.24, 2.45) is 0 Å². The van der Waals surface area contributed by atoms with Crippen LogP contribution in [0.3, 0.4) is 0 Å². The largest absolute Gasteiger partial charge is 0.496 e. The highest BCUT2D eigenvalue weighted by Crippen LogP contribution is 2.35. The van der Waals surface area contributed by atoms with Crippen molar-refractivity contribution in [1.82, 2.24) is 5.32 Å². The summed E-state index contributed by atoms with van der Waals surface area (Å²) in [5, 5.41) is 5.02. The zero-order valence-electron chi connectivity index (χ0n) is 17.9. The lowest BCUT2D eigenvalue weighted by Crippen LogP contribution is -2.31. The van der Waals surface area contributed by atoms with E-state index in [0.29, 0.717) is 11.5 Å². The summed E-state index contributed by atoms with van der Waals surface area (Å²) in [5.74, 6) is -0.0898. The molecule has 1 N–H and O–H groups in total. The highest BCUT2D eigenvalue weighted by Gasteiger charge is 2.20. The van der Waals surface area contributed by atoms with Crippen molar-refractivity contribution in [2.45, 2.75) is 13.0 Å². The highest BCUT2D eigenvalue weighted by molar-refractivity contribution is 5.95. The van der Waals surface area contributed by atoms with Gasteiger partial charge in [-0.15, -0.1) is 0 Å². The zero-order valence-corrected chi connectivity index (χ0v) is 17.9. The lowest BCUT2D eigenvalue weighted by Gasteiger charge is -2.17. The van der Waals surface area contributed by atoms with Crippen LogP contribution in [0, 0.1) is 0 Å². The maximum atomic E-state index is 12.5. The van der Waals surface area contributed by atoms with E-state index < -0.39 is 18.5 Å². The standard InChI is InChI=1S/C24H25NO6/c1-15(17-11-7-9-16-8-5-6-10-18(16)17)25-23(26)14-31-24(27)19-12-21(29-3)22(30-4)13-20(19)28-2/h5-13,15H,14H2,1-4H3,(H,25,26). The topological polar surface area (TPSA) is 83.1 Å². The number of rotatable bonds is 8. The monoisotopic (exact) mass is 423 g/mol. The number of nitrogens with one attached hydrogen (secondary N) is 1. The average molecular weight is 423 g/mol. The summed E-state index contributed by atoms with van der Waals surface area (Å²) >= 11 is 0. The molecule has 7 heteroatoms. The van der Waals surface area contributed by atoms with Gasteiger partial charge in [-0.05, 0) is 23.3 Å². The van der Waals surface area contributed by atoms with Crippen molar-refractivity contribution < 1.29 is 28.5 Å². The molecule has 1 atom stereocenters. The Morgan fingerprint density at radius 1 is 0.871 bits per heavy atom. The third-order valence-electron chi connectivity index (χ3n) is 4.93. The van der Waals surface area contributed by atoms with Gasteiger partial charge in [-0.2, -0.15) is 0 Å². The molecule has 0 aliphatic rings. The molecule has 0 heterocycles. The Morgan fingerprint density at radius 3 is 2.23 bits per heavy atom. The molecule has 0 bridgehead atoms. The number of fused-ring (bicyclic) bond motifs is 1. The molecule has 0 saturated carbocycles. The molecule has 0 spiro atoms. The molecular formula is C24H25NO6. The minimum absolute atomic E-state index is 0.134. The summed E-state index contributed by atoms with van der Waals surface area (Å²) in [6.45, 7) is 1.46. The van der Waals surface area contributed by atoms with E-state index in [9.17, 15) is 9.59 Å². The van der Waals surface area contributed by atoms with Gasteiger partial charge >= 0.3 is 5.97 Å². The van der Waals surface area contributed by atoms with Gasteiger partial charge in [0, 0.05) is 12.1 Å². The van der Waals surface area contributed by atoms with Gasteiger partial charge in [-0.3, -0.25) is 4.79 Å². The predicted molar refractivity (Wildman–Crippen MR) is 117 cm³/mol. The number of ether oxygens (including phenoxy) is 4. The maximum Gasteiger partial charge on any atom is 0.342 e. The van der Waals surface area contributed by atoms with Crippen LogP contribution in [0.4, 0.5) is 0 Å². The van der Waals surface area contributed by atoms with Crippen molar-refractivity contribution >= 4 is 22.6 Å². The smallest absolute Gasteiger partial charge is 0.342 e. The first-order chi connectivity index (χ1) is 15.0. The molecule has 0 aliphatic carbocycles. The molecule has 3 rings (SSSR count). The number of esters is 1. The molecule has 7 nitrogen and oxygen atoms in total. The van der Waals surface area contributed by atoms with E-state index in [-0.39, 0.29) is 17.4 Å². The van der Waals surface area contributed by atoms with E-state index in [1.165, 1.54) is 33.5 Å². The minimum Gasteiger partial charge on any atom is -0.496 e. The molecular weight excluding hydrogens is 398 g/mol. The van der Waals surface area contributed by atoms with Crippen LogP contribution < -0.4 is 19.5 Å². The summed E-state index contributed by atoms with van der Waals surface area (Å²) in [6.07, 6.45) is 0. The molecule has 3 aromatic carbocycles. The SMILES string of the molecule is COc1cc(OC)c(C(=O)OCC(=O)NC(C)c2cccc3ccccc23)cc1OC. The first kappa shape index (κ1) is 22.0. The van der Waals surface area contributed by atoms with Crippen molar-refractivity contribution in [1.29, 1.82) is 0 Å². The molecule has 162 valence electrons. The fourth-order valence-corrected chi connectivity index (χ4v) is 3.39. The zero-order chi connectivity index (χ0) is 22.4. The van der Waals surface area contributed by atoms with Gasteiger partial charge < -0.3 is 24.3 Å². The summed E-state index contributed by atoms with van der Waals surface area (Å²) in [6, 6.07) is 16.6. The van der Waals surface area contributed by atoms with Crippen LogP contribution in [0.1, 0.15) is 28.9 Å². The van der Waals surface area contributed by atoms with Gasteiger partial charge in [0.2, 0.25) is 0 Å². The quantitative estimate of drug-likeness (QED) is 0.554. The fraction of sp³-hybridized carbons (Fsp3) is 0.250. The normalized spacial score (nSPS) is 11.5. The second-order valence-electron chi connectivity index (χ2n) is 6.84. The van der Waals surface area contributed by atoms with Crippen LogP contribution in [-0.4, -0.2) is 39.8 Å². The van der Waals surface area contributed by atoms with E-state index in [4.69, 9.17) is 18.9 Å². The number of amides is 1. The van der Waals surface area contributed by atoms with Crippen LogP contribution >= 0.6 is 0 Å². The van der Waals surface area contributed by atoms with E-state index in [2.05, 4.69) is 5.32 Å². The summed E-state index contributed by atoms with van der Waals surface area (Å²) < 4.78 is 20.9. The maximum absolute atomic E-state index is 12.5. The Hall–Kier alpha value is -3.74. The van der Waals surface area contributed by atoms with E-state index >= 15 is 0 Å². The lowest BCUT2D eigenvalue weighted by molar-refractivity contribution is -0.124. The third-order valence-corrected chi connectivity index (χ3v) is 4.93. The Kier molecular flexibility index (Phi) is 6.97. The van der Waals surface area contributed by atoms with Gasteiger partial charge in [0.15, 0.2) is 18.1 Å². The van der Waals surface area contributed by atoms with Crippen molar-refractivity contribution in [3.05, 3.63) is 65.7 Å². The number of carbonyl (C=O) groups excluding carboxylic acids is 2. The molecule has 31 heavy (non-hydrogen) atoms. The Morgan fingerprint density at radius 2 is 1.52 bits per heavy atom. The second-order valence-corrected chi connectivity index (χ2v) is 6.84. The first-order valence-electron chi connectivity index (χ1n) is 9.72. The molecule has 0 radical (unpaired) electrons. The van der Waals surface area contributed by atoms with Crippen molar-refractivity contribution in [3.63, 3.8) is 0 Å². The van der Waals surface area contributed by atoms with Crippen LogP contribution in [0.25, 0.3) is 10.8 Å². The van der Waals surface area contributed by atoms with Crippen LogP contribution in [0.5, 0.6) is 17.2 Å². The van der Waals surface area contributed by atoms with Crippen molar-refractivity contribution in [3.8, 4) is 17.2 Å². The molecule has 1 amide bonds. The number of benzene rings is 3. The van der Waals surface area contributed by atoms with Gasteiger partial charge in [0.05, 0.1) is 27.4 Å². The second kappa shape index (κ2) is 9.84. The Balaban J connectivity index is 1.67.